The third kappa shape index (κ3) is 1.69. The lowest BCUT2D eigenvalue weighted by atomic mass is 9.91. The van der Waals surface area contributed by atoms with Gasteiger partial charge in [-0.1, -0.05) is 24.3 Å². The normalized spacial score (nSPS) is 22.7. The SMILES string of the molecule is NCCC1(c2ccc(C3CC3)cc2)CC1. The summed E-state index contributed by atoms with van der Waals surface area (Å²) in [7, 11) is 0. The van der Waals surface area contributed by atoms with Gasteiger partial charge in [-0.15, -0.1) is 0 Å². The topological polar surface area (TPSA) is 26.0 Å². The number of hydrogen-bond donors (Lipinski definition) is 1. The number of nitrogens with two attached hydrogens (primary N) is 1. The molecule has 1 heteroatoms. The van der Waals surface area contributed by atoms with Gasteiger partial charge in [0, 0.05) is 0 Å². The Balaban J connectivity index is 1.80. The quantitative estimate of drug-likeness (QED) is 0.796. The lowest BCUT2D eigenvalue weighted by Crippen LogP contribution is -2.13. The van der Waals surface area contributed by atoms with E-state index in [1.807, 2.05) is 0 Å². The van der Waals surface area contributed by atoms with E-state index in [4.69, 9.17) is 5.73 Å². The predicted molar refractivity (Wildman–Crippen MR) is 63.0 cm³/mol. The van der Waals surface area contributed by atoms with Crippen LogP contribution >= 0.6 is 0 Å². The molecule has 0 atom stereocenters. The van der Waals surface area contributed by atoms with E-state index in [9.17, 15) is 0 Å². The first-order valence-corrected chi connectivity index (χ1v) is 6.15. The summed E-state index contributed by atoms with van der Waals surface area (Å²) < 4.78 is 0. The van der Waals surface area contributed by atoms with Crippen molar-refractivity contribution in [3.8, 4) is 0 Å². The lowest BCUT2D eigenvalue weighted by Gasteiger charge is -2.14. The van der Waals surface area contributed by atoms with Crippen LogP contribution in [0.5, 0.6) is 0 Å². The van der Waals surface area contributed by atoms with Crippen LogP contribution in [0.3, 0.4) is 0 Å². The molecule has 2 aliphatic carbocycles. The predicted octanol–water partition coefficient (Wildman–Crippen LogP) is 2.94. The van der Waals surface area contributed by atoms with Crippen molar-refractivity contribution < 1.29 is 0 Å². The van der Waals surface area contributed by atoms with Crippen molar-refractivity contribution >= 4 is 0 Å². The van der Waals surface area contributed by atoms with E-state index in [1.54, 1.807) is 5.56 Å². The van der Waals surface area contributed by atoms with Gasteiger partial charge in [0.2, 0.25) is 0 Å². The molecule has 0 unspecified atom stereocenters. The molecule has 0 aromatic heterocycles. The minimum absolute atomic E-state index is 0.469. The van der Waals surface area contributed by atoms with Crippen molar-refractivity contribution in [1.29, 1.82) is 0 Å². The zero-order chi connectivity index (χ0) is 10.3. The van der Waals surface area contributed by atoms with E-state index in [2.05, 4.69) is 24.3 Å². The molecule has 3 rings (SSSR count). The molecule has 1 aromatic rings. The summed E-state index contributed by atoms with van der Waals surface area (Å²) in [6.45, 7) is 0.824. The molecule has 2 saturated carbocycles. The van der Waals surface area contributed by atoms with E-state index in [0.29, 0.717) is 5.41 Å². The zero-order valence-corrected chi connectivity index (χ0v) is 9.21. The summed E-state index contributed by atoms with van der Waals surface area (Å²) in [5, 5.41) is 0. The molecule has 1 nitrogen and oxygen atoms in total. The van der Waals surface area contributed by atoms with Crippen LogP contribution < -0.4 is 5.73 Å². The third-order valence-electron chi connectivity index (χ3n) is 4.05. The van der Waals surface area contributed by atoms with E-state index < -0.39 is 0 Å². The van der Waals surface area contributed by atoms with Gasteiger partial charge >= 0.3 is 0 Å². The Kier molecular flexibility index (Phi) is 2.10. The van der Waals surface area contributed by atoms with Crippen LogP contribution in [0.2, 0.25) is 0 Å². The van der Waals surface area contributed by atoms with Gasteiger partial charge in [0.15, 0.2) is 0 Å². The average molecular weight is 201 g/mol. The molecule has 15 heavy (non-hydrogen) atoms. The Hall–Kier alpha value is -0.820. The van der Waals surface area contributed by atoms with Crippen LogP contribution in [0.15, 0.2) is 24.3 Å². The van der Waals surface area contributed by atoms with Gasteiger partial charge < -0.3 is 5.73 Å². The Bertz CT molecular complexity index is 344. The summed E-state index contributed by atoms with van der Waals surface area (Å²) in [6, 6.07) is 9.36. The fourth-order valence-electron chi connectivity index (χ4n) is 2.64. The fraction of sp³-hybridized carbons (Fsp3) is 0.571. The van der Waals surface area contributed by atoms with Crippen molar-refractivity contribution in [2.45, 2.75) is 43.4 Å². The van der Waals surface area contributed by atoms with Crippen LogP contribution in [-0.4, -0.2) is 6.54 Å². The van der Waals surface area contributed by atoms with Gasteiger partial charge in [0.05, 0.1) is 0 Å². The molecule has 0 radical (unpaired) electrons. The van der Waals surface area contributed by atoms with Gasteiger partial charge in [0.1, 0.15) is 0 Å². The van der Waals surface area contributed by atoms with Crippen molar-refractivity contribution in [1.82, 2.24) is 0 Å². The molecule has 2 N–H and O–H groups in total. The molecule has 0 amide bonds. The second-order valence-electron chi connectivity index (χ2n) is 5.22. The number of hydrogen-bond acceptors (Lipinski definition) is 1. The van der Waals surface area contributed by atoms with E-state index in [0.717, 1.165) is 18.9 Å². The molecule has 1 aromatic carbocycles. The first-order valence-electron chi connectivity index (χ1n) is 6.15. The Labute approximate surface area is 91.7 Å². The highest BCUT2D eigenvalue weighted by Crippen LogP contribution is 2.51. The fourth-order valence-corrected chi connectivity index (χ4v) is 2.64. The molecule has 80 valence electrons. The molecule has 0 heterocycles. The largest absolute Gasteiger partial charge is 0.330 e. The van der Waals surface area contributed by atoms with Crippen molar-refractivity contribution in [3.63, 3.8) is 0 Å². The second-order valence-corrected chi connectivity index (χ2v) is 5.22. The second kappa shape index (κ2) is 3.34. The van der Waals surface area contributed by atoms with E-state index >= 15 is 0 Å². The van der Waals surface area contributed by atoms with Gasteiger partial charge in [-0.25, -0.2) is 0 Å². The highest BCUT2D eigenvalue weighted by molar-refractivity contribution is 5.35. The first kappa shape index (κ1) is 9.41. The van der Waals surface area contributed by atoms with Gasteiger partial charge in [-0.3, -0.25) is 0 Å². The Morgan fingerprint density at radius 2 is 1.80 bits per heavy atom. The van der Waals surface area contributed by atoms with Gasteiger partial charge in [-0.2, -0.15) is 0 Å². The minimum Gasteiger partial charge on any atom is -0.330 e. The van der Waals surface area contributed by atoms with Crippen LogP contribution in [0.4, 0.5) is 0 Å². The van der Waals surface area contributed by atoms with Crippen molar-refractivity contribution in [2.75, 3.05) is 6.54 Å². The highest BCUT2D eigenvalue weighted by Gasteiger charge is 2.43. The maximum atomic E-state index is 5.68. The average Bonchev–Trinajstić information content (AvgIpc) is 3.14. The molecule has 0 saturated heterocycles. The summed E-state index contributed by atoms with van der Waals surface area (Å²) in [4.78, 5) is 0. The highest BCUT2D eigenvalue weighted by atomic mass is 14.6. The molecule has 0 spiro atoms. The molecule has 0 aliphatic heterocycles. The number of benzene rings is 1. The van der Waals surface area contributed by atoms with E-state index in [1.165, 1.54) is 31.2 Å². The van der Waals surface area contributed by atoms with Crippen molar-refractivity contribution in [3.05, 3.63) is 35.4 Å². The lowest BCUT2D eigenvalue weighted by molar-refractivity contribution is 0.629. The molecule has 2 aliphatic rings. The maximum absolute atomic E-state index is 5.68. The van der Waals surface area contributed by atoms with Gasteiger partial charge in [0.25, 0.3) is 0 Å². The smallest absolute Gasteiger partial charge is 0.00344 e. The maximum Gasteiger partial charge on any atom is -0.00344 e. The summed E-state index contributed by atoms with van der Waals surface area (Å²) in [6.07, 6.45) is 6.64. The van der Waals surface area contributed by atoms with Gasteiger partial charge in [-0.05, 0) is 61.1 Å². The third-order valence-corrected chi connectivity index (χ3v) is 4.05. The van der Waals surface area contributed by atoms with Crippen molar-refractivity contribution in [2.24, 2.45) is 5.73 Å². The molecule has 2 fully saturated rings. The Morgan fingerprint density at radius 3 is 2.27 bits per heavy atom. The summed E-state index contributed by atoms with van der Waals surface area (Å²) >= 11 is 0. The van der Waals surface area contributed by atoms with E-state index in [-0.39, 0.29) is 0 Å². The first-order chi connectivity index (χ1) is 7.34. The number of rotatable bonds is 4. The van der Waals surface area contributed by atoms with Crippen LogP contribution in [0.25, 0.3) is 0 Å². The standard InChI is InChI=1S/C14H19N/c15-10-9-14(7-8-14)13-5-3-12(4-6-13)11-1-2-11/h3-6,11H,1-2,7-10,15H2. The Morgan fingerprint density at radius 1 is 1.13 bits per heavy atom. The van der Waals surface area contributed by atoms with Crippen LogP contribution in [-0.2, 0) is 5.41 Å². The molecular weight excluding hydrogens is 182 g/mol. The summed E-state index contributed by atoms with van der Waals surface area (Å²) in [5.74, 6) is 0.878. The monoisotopic (exact) mass is 201 g/mol. The van der Waals surface area contributed by atoms with Crippen LogP contribution in [0.1, 0.15) is 49.1 Å². The van der Waals surface area contributed by atoms with Crippen LogP contribution in [0, 0.1) is 0 Å². The molecular formula is C14H19N. The zero-order valence-electron chi connectivity index (χ0n) is 9.21. The minimum atomic E-state index is 0.469. The molecule has 0 bridgehead atoms. The summed E-state index contributed by atoms with van der Waals surface area (Å²) in [5.41, 5.74) is 9.22.